The number of ether oxygens (including phenoxy) is 1. The zero-order chi connectivity index (χ0) is 20.9. The van der Waals surface area contributed by atoms with E-state index in [-0.39, 0.29) is 6.03 Å². The number of nitrogens with zero attached hydrogens (tertiary/aromatic N) is 4. The van der Waals surface area contributed by atoms with Crippen LogP contribution in [-0.4, -0.2) is 27.9 Å². The summed E-state index contributed by atoms with van der Waals surface area (Å²) < 4.78 is 7.19. The molecule has 0 unspecified atom stereocenters. The Labute approximate surface area is 176 Å². The van der Waals surface area contributed by atoms with E-state index >= 15 is 0 Å². The van der Waals surface area contributed by atoms with Crippen molar-refractivity contribution in [3.63, 3.8) is 0 Å². The first-order chi connectivity index (χ1) is 14.6. The number of rotatable bonds is 5. The van der Waals surface area contributed by atoms with Crippen LogP contribution in [-0.2, 0) is 19.5 Å². The molecule has 156 valence electrons. The number of urea groups is 1. The molecule has 1 aromatic heterocycles. The van der Waals surface area contributed by atoms with Crippen molar-refractivity contribution in [1.29, 1.82) is 0 Å². The third-order valence-electron chi connectivity index (χ3n) is 5.35. The van der Waals surface area contributed by atoms with E-state index in [9.17, 15) is 4.79 Å². The fourth-order valence-electron chi connectivity index (χ4n) is 3.72. The summed E-state index contributed by atoms with van der Waals surface area (Å²) in [5.74, 6) is 2.43. The average molecular weight is 406 g/mol. The molecule has 0 fully saturated rings. The van der Waals surface area contributed by atoms with Gasteiger partial charge in [-0.05, 0) is 55.7 Å². The van der Waals surface area contributed by atoms with Gasteiger partial charge in [-0.15, -0.1) is 0 Å². The second-order valence-electron chi connectivity index (χ2n) is 7.51. The number of methoxy groups -OCH3 is 1. The van der Waals surface area contributed by atoms with E-state index in [2.05, 4.69) is 10.4 Å². The third kappa shape index (κ3) is 4.45. The molecular weight excluding hydrogens is 378 g/mol. The van der Waals surface area contributed by atoms with Crippen LogP contribution < -0.4 is 15.0 Å². The largest absolute Gasteiger partial charge is 0.497 e. The number of anilines is 2. The third-order valence-corrected chi connectivity index (χ3v) is 5.35. The Morgan fingerprint density at radius 3 is 2.70 bits per heavy atom. The first-order valence-corrected chi connectivity index (χ1v) is 10.3. The SMILES string of the molecule is COc1ccc(NC(=O)N(Cc2nc3n(n2)CCCCC3)c2ccccc2C)cc1. The van der Waals surface area contributed by atoms with Gasteiger partial charge in [-0.1, -0.05) is 24.6 Å². The van der Waals surface area contributed by atoms with Gasteiger partial charge in [0.15, 0.2) is 5.82 Å². The number of amides is 2. The molecule has 0 spiro atoms. The first-order valence-electron chi connectivity index (χ1n) is 10.3. The minimum Gasteiger partial charge on any atom is -0.497 e. The van der Waals surface area contributed by atoms with E-state index in [0.717, 1.165) is 48.6 Å². The normalized spacial score (nSPS) is 13.3. The number of carbonyl (C=O) groups is 1. The Bertz CT molecular complexity index is 989. The molecule has 3 aromatic rings. The highest BCUT2D eigenvalue weighted by molar-refractivity contribution is 6.02. The smallest absolute Gasteiger partial charge is 0.326 e. The molecule has 1 aliphatic rings. The van der Waals surface area contributed by atoms with Crippen LogP contribution in [0.1, 0.15) is 36.5 Å². The average Bonchev–Trinajstić information content (AvgIpc) is 3.01. The molecular formula is C23H27N5O2. The summed E-state index contributed by atoms with van der Waals surface area (Å²) in [6.45, 7) is 3.20. The fraction of sp³-hybridized carbons (Fsp3) is 0.348. The van der Waals surface area contributed by atoms with Crippen molar-refractivity contribution in [3.8, 4) is 5.75 Å². The topological polar surface area (TPSA) is 72.3 Å². The summed E-state index contributed by atoms with van der Waals surface area (Å²) in [6.07, 6.45) is 4.41. The van der Waals surface area contributed by atoms with Crippen LogP contribution in [0.5, 0.6) is 5.75 Å². The van der Waals surface area contributed by atoms with E-state index in [1.807, 2.05) is 60.1 Å². The highest BCUT2D eigenvalue weighted by atomic mass is 16.5. The number of hydrogen-bond donors (Lipinski definition) is 1. The molecule has 7 heteroatoms. The number of nitrogens with one attached hydrogen (secondary N) is 1. The van der Waals surface area contributed by atoms with Crippen molar-refractivity contribution in [2.24, 2.45) is 0 Å². The molecule has 1 N–H and O–H groups in total. The van der Waals surface area contributed by atoms with Crippen LogP contribution in [0.4, 0.5) is 16.2 Å². The van der Waals surface area contributed by atoms with Gasteiger partial charge >= 0.3 is 6.03 Å². The van der Waals surface area contributed by atoms with Crippen LogP contribution >= 0.6 is 0 Å². The van der Waals surface area contributed by atoms with Crippen molar-refractivity contribution in [3.05, 3.63) is 65.7 Å². The van der Waals surface area contributed by atoms with E-state index < -0.39 is 0 Å². The number of carbonyl (C=O) groups excluding carboxylic acids is 1. The molecule has 4 rings (SSSR count). The van der Waals surface area contributed by atoms with Crippen molar-refractivity contribution in [2.75, 3.05) is 17.3 Å². The van der Waals surface area contributed by atoms with Gasteiger partial charge in [0.2, 0.25) is 0 Å². The van der Waals surface area contributed by atoms with Crippen molar-refractivity contribution < 1.29 is 9.53 Å². The lowest BCUT2D eigenvalue weighted by molar-refractivity contribution is 0.256. The lowest BCUT2D eigenvalue weighted by Crippen LogP contribution is -2.35. The Morgan fingerprint density at radius 2 is 1.93 bits per heavy atom. The number of aromatic nitrogens is 3. The van der Waals surface area contributed by atoms with Gasteiger partial charge in [0, 0.05) is 24.3 Å². The standard InChI is InChI=1S/C23H27N5O2/c1-17-8-5-6-9-20(17)27(23(29)24-18-11-13-19(30-2)14-12-18)16-21-25-22-10-4-3-7-15-28(22)26-21/h5-6,8-9,11-14H,3-4,7,10,15-16H2,1-2H3,(H,24,29). The maximum atomic E-state index is 13.2. The minimum atomic E-state index is -0.223. The monoisotopic (exact) mass is 405 g/mol. The number of hydrogen-bond acceptors (Lipinski definition) is 4. The Hall–Kier alpha value is -3.35. The number of benzene rings is 2. The highest BCUT2D eigenvalue weighted by Crippen LogP contribution is 2.24. The summed E-state index contributed by atoms with van der Waals surface area (Å²) >= 11 is 0. The van der Waals surface area contributed by atoms with Gasteiger partial charge in [-0.3, -0.25) is 4.90 Å². The fourth-order valence-corrected chi connectivity index (χ4v) is 3.72. The molecule has 1 aliphatic heterocycles. The van der Waals surface area contributed by atoms with Gasteiger partial charge < -0.3 is 10.1 Å². The van der Waals surface area contributed by atoms with Crippen molar-refractivity contribution in [1.82, 2.24) is 14.8 Å². The van der Waals surface area contributed by atoms with Crippen LogP contribution in [0, 0.1) is 6.92 Å². The molecule has 0 aliphatic carbocycles. The van der Waals surface area contributed by atoms with Gasteiger partial charge in [-0.25, -0.2) is 14.5 Å². The minimum absolute atomic E-state index is 0.223. The quantitative estimate of drug-likeness (QED) is 0.675. The molecule has 0 saturated carbocycles. The van der Waals surface area contributed by atoms with Crippen LogP contribution in [0.2, 0.25) is 0 Å². The van der Waals surface area contributed by atoms with Gasteiger partial charge in [0.1, 0.15) is 11.6 Å². The number of aryl methyl sites for hydroxylation is 3. The Balaban J connectivity index is 1.59. The lowest BCUT2D eigenvalue weighted by atomic mass is 10.2. The Kier molecular flexibility index (Phi) is 5.97. The van der Waals surface area contributed by atoms with Gasteiger partial charge in [-0.2, -0.15) is 5.10 Å². The predicted octanol–water partition coefficient (Wildman–Crippen LogP) is 4.56. The number of fused-ring (bicyclic) bond motifs is 1. The molecule has 0 atom stereocenters. The van der Waals surface area contributed by atoms with Gasteiger partial charge in [0.05, 0.1) is 13.7 Å². The maximum Gasteiger partial charge on any atom is 0.326 e. The predicted molar refractivity (Wildman–Crippen MR) is 117 cm³/mol. The summed E-state index contributed by atoms with van der Waals surface area (Å²) in [6, 6.07) is 14.9. The molecule has 0 radical (unpaired) electrons. The van der Waals surface area contributed by atoms with Crippen molar-refractivity contribution in [2.45, 2.75) is 45.7 Å². The van der Waals surface area contributed by atoms with E-state index in [4.69, 9.17) is 9.72 Å². The van der Waals surface area contributed by atoms with E-state index in [1.54, 1.807) is 12.0 Å². The molecule has 2 amide bonds. The Morgan fingerprint density at radius 1 is 1.13 bits per heavy atom. The second kappa shape index (κ2) is 8.98. The van der Waals surface area contributed by atoms with E-state index in [1.165, 1.54) is 6.42 Å². The summed E-state index contributed by atoms with van der Waals surface area (Å²) in [7, 11) is 1.62. The lowest BCUT2D eigenvalue weighted by Gasteiger charge is -2.23. The molecule has 30 heavy (non-hydrogen) atoms. The summed E-state index contributed by atoms with van der Waals surface area (Å²) in [4.78, 5) is 19.7. The van der Waals surface area contributed by atoms with Crippen LogP contribution in [0.15, 0.2) is 48.5 Å². The molecule has 0 bridgehead atoms. The van der Waals surface area contributed by atoms with E-state index in [0.29, 0.717) is 18.1 Å². The first kappa shape index (κ1) is 19.9. The maximum absolute atomic E-state index is 13.2. The second-order valence-corrected chi connectivity index (χ2v) is 7.51. The molecule has 0 saturated heterocycles. The molecule has 7 nitrogen and oxygen atoms in total. The van der Waals surface area contributed by atoms with Crippen molar-refractivity contribution >= 4 is 17.4 Å². The highest BCUT2D eigenvalue weighted by Gasteiger charge is 2.22. The molecule has 2 aromatic carbocycles. The van der Waals surface area contributed by atoms with Crippen LogP contribution in [0.3, 0.4) is 0 Å². The molecule has 2 heterocycles. The number of para-hydroxylation sites is 1. The van der Waals surface area contributed by atoms with Gasteiger partial charge in [0.25, 0.3) is 0 Å². The van der Waals surface area contributed by atoms with Crippen LogP contribution in [0.25, 0.3) is 0 Å². The summed E-state index contributed by atoms with van der Waals surface area (Å²) in [5.41, 5.74) is 2.56. The zero-order valence-corrected chi connectivity index (χ0v) is 17.5. The zero-order valence-electron chi connectivity index (χ0n) is 17.5. The summed E-state index contributed by atoms with van der Waals surface area (Å²) in [5, 5.41) is 7.67.